The van der Waals surface area contributed by atoms with E-state index in [-0.39, 0.29) is 11.5 Å². The predicted octanol–water partition coefficient (Wildman–Crippen LogP) is 3.88. The van der Waals surface area contributed by atoms with E-state index in [2.05, 4.69) is 19.3 Å². The Morgan fingerprint density at radius 1 is 0.864 bits per heavy atom. The van der Waals surface area contributed by atoms with Crippen molar-refractivity contribution >= 4 is 0 Å². The fraction of sp³-hybridized carbons (Fsp3) is 1.00. The van der Waals surface area contributed by atoms with Crippen LogP contribution in [0.1, 0.15) is 78.1 Å². The summed E-state index contributed by atoms with van der Waals surface area (Å²) in [5.41, 5.74) is 2.27. The summed E-state index contributed by atoms with van der Waals surface area (Å²) in [6, 6.07) is 0.0651. The van der Waals surface area contributed by atoms with E-state index in [0.29, 0.717) is 17.3 Å². The quantitative estimate of drug-likeness (QED) is 0.644. The number of hydroxylamine groups is 1. The summed E-state index contributed by atoms with van der Waals surface area (Å²) in [4.78, 5) is 0. The normalized spacial score (nSPS) is 57.8. The second kappa shape index (κ2) is 4.94. The first-order valence-electron chi connectivity index (χ1n) is 9.58. The highest BCUT2D eigenvalue weighted by Gasteiger charge is 2.66. The van der Waals surface area contributed by atoms with Crippen molar-refractivity contribution in [2.75, 3.05) is 0 Å². The molecule has 0 aromatic carbocycles. The first-order chi connectivity index (χ1) is 10.5. The van der Waals surface area contributed by atoms with Crippen LogP contribution in [0.25, 0.3) is 0 Å². The van der Waals surface area contributed by atoms with E-state index in [0.717, 1.165) is 25.2 Å². The fourth-order valence-corrected chi connectivity index (χ4v) is 7.47. The molecule has 0 aliphatic heterocycles. The molecular weight excluding hydrogens is 274 g/mol. The Balaban J connectivity index is 1.69. The summed E-state index contributed by atoms with van der Waals surface area (Å²) in [6.45, 7) is 4.76. The van der Waals surface area contributed by atoms with Crippen LogP contribution < -0.4 is 5.48 Å². The minimum atomic E-state index is -0.568. The van der Waals surface area contributed by atoms with Crippen molar-refractivity contribution in [2.24, 2.45) is 28.6 Å². The van der Waals surface area contributed by atoms with Crippen LogP contribution in [0.2, 0.25) is 0 Å². The molecule has 0 aromatic rings. The number of rotatable bonds is 1. The number of hydrogen-bond acceptors (Lipinski definition) is 3. The van der Waals surface area contributed by atoms with Crippen LogP contribution in [0.4, 0.5) is 0 Å². The molecule has 4 aliphatic carbocycles. The Bertz CT molecular complexity index is 455. The monoisotopic (exact) mass is 307 g/mol. The van der Waals surface area contributed by atoms with Crippen molar-refractivity contribution < 1.29 is 10.3 Å². The van der Waals surface area contributed by atoms with Gasteiger partial charge in [-0.2, -0.15) is 0 Å². The number of fused-ring (bicyclic) bond motifs is 5. The van der Waals surface area contributed by atoms with Gasteiger partial charge >= 0.3 is 0 Å². The van der Waals surface area contributed by atoms with Crippen LogP contribution in [0, 0.1) is 28.6 Å². The molecule has 22 heavy (non-hydrogen) atoms. The van der Waals surface area contributed by atoms with Gasteiger partial charge in [-0.3, -0.25) is 0 Å². The van der Waals surface area contributed by atoms with Gasteiger partial charge in [-0.1, -0.05) is 26.7 Å². The topological polar surface area (TPSA) is 52.5 Å². The lowest BCUT2D eigenvalue weighted by Crippen LogP contribution is -2.63. The second-order valence-electron chi connectivity index (χ2n) is 9.34. The van der Waals surface area contributed by atoms with Gasteiger partial charge in [0.1, 0.15) is 0 Å². The van der Waals surface area contributed by atoms with E-state index in [4.69, 9.17) is 0 Å². The van der Waals surface area contributed by atoms with Crippen molar-refractivity contribution in [3.8, 4) is 0 Å². The van der Waals surface area contributed by atoms with E-state index in [9.17, 15) is 10.3 Å². The molecule has 3 N–H and O–H groups in total. The summed E-state index contributed by atoms with van der Waals surface area (Å²) in [5, 5.41) is 21.3. The molecule has 7 atom stereocenters. The molecule has 3 heteroatoms. The maximum atomic E-state index is 11.7. The van der Waals surface area contributed by atoms with Gasteiger partial charge in [0.05, 0.1) is 5.60 Å². The van der Waals surface area contributed by atoms with Gasteiger partial charge in [0.15, 0.2) is 0 Å². The van der Waals surface area contributed by atoms with E-state index >= 15 is 0 Å². The molecular formula is C19H33NO2. The minimum absolute atomic E-state index is 0.0651. The molecule has 126 valence electrons. The van der Waals surface area contributed by atoms with E-state index < -0.39 is 5.60 Å². The van der Waals surface area contributed by atoms with Gasteiger partial charge in [0.25, 0.3) is 0 Å². The zero-order valence-electron chi connectivity index (χ0n) is 14.3. The highest BCUT2D eigenvalue weighted by atomic mass is 16.5. The Morgan fingerprint density at radius 3 is 2.45 bits per heavy atom. The highest BCUT2D eigenvalue weighted by Crippen LogP contribution is 2.67. The third-order valence-corrected chi connectivity index (χ3v) is 8.93. The lowest BCUT2D eigenvalue weighted by Gasteiger charge is -2.63. The number of hydrogen-bond donors (Lipinski definition) is 3. The average Bonchev–Trinajstić information content (AvgIpc) is 2.78. The first kappa shape index (κ1) is 15.4. The van der Waals surface area contributed by atoms with Gasteiger partial charge in [-0.25, -0.2) is 5.48 Å². The summed E-state index contributed by atoms with van der Waals surface area (Å²) in [7, 11) is 0. The molecule has 0 amide bonds. The van der Waals surface area contributed by atoms with Gasteiger partial charge in [0, 0.05) is 11.5 Å². The molecule has 4 fully saturated rings. The second-order valence-corrected chi connectivity index (χ2v) is 9.34. The summed E-state index contributed by atoms with van der Waals surface area (Å²) in [6.07, 6.45) is 12.2. The largest absolute Gasteiger partial charge is 0.389 e. The molecule has 0 radical (unpaired) electrons. The van der Waals surface area contributed by atoms with E-state index in [1.807, 2.05) is 0 Å². The maximum absolute atomic E-state index is 11.7. The van der Waals surface area contributed by atoms with Crippen LogP contribution in [0.5, 0.6) is 0 Å². The van der Waals surface area contributed by atoms with Crippen LogP contribution in [0.15, 0.2) is 0 Å². The van der Waals surface area contributed by atoms with Crippen molar-refractivity contribution in [3.05, 3.63) is 0 Å². The highest BCUT2D eigenvalue weighted by molar-refractivity contribution is 5.17. The minimum Gasteiger partial charge on any atom is -0.389 e. The summed E-state index contributed by atoms with van der Waals surface area (Å²) >= 11 is 0. The first-order valence-corrected chi connectivity index (χ1v) is 9.58. The van der Waals surface area contributed by atoms with Crippen LogP contribution in [-0.4, -0.2) is 22.0 Å². The lowest BCUT2D eigenvalue weighted by atomic mass is 9.44. The van der Waals surface area contributed by atoms with Crippen molar-refractivity contribution in [3.63, 3.8) is 0 Å². The molecule has 0 heterocycles. The average molecular weight is 307 g/mol. The molecule has 4 saturated carbocycles. The van der Waals surface area contributed by atoms with Gasteiger partial charge in [-0.05, 0) is 74.5 Å². The molecule has 4 rings (SSSR count). The third kappa shape index (κ3) is 1.74. The van der Waals surface area contributed by atoms with E-state index in [1.165, 1.54) is 44.9 Å². The smallest absolute Gasteiger partial charge is 0.0748 e. The molecule has 3 nitrogen and oxygen atoms in total. The third-order valence-electron chi connectivity index (χ3n) is 8.93. The Morgan fingerprint density at radius 2 is 1.68 bits per heavy atom. The number of aliphatic hydroxyl groups is 1. The molecule has 2 unspecified atom stereocenters. The van der Waals surface area contributed by atoms with Crippen molar-refractivity contribution in [1.82, 2.24) is 5.48 Å². The van der Waals surface area contributed by atoms with Crippen molar-refractivity contribution in [1.29, 1.82) is 0 Å². The summed E-state index contributed by atoms with van der Waals surface area (Å²) in [5.74, 6) is 2.04. The zero-order chi connectivity index (χ0) is 15.6. The van der Waals surface area contributed by atoms with Crippen LogP contribution in [0.3, 0.4) is 0 Å². The molecule has 0 bridgehead atoms. The number of nitrogens with one attached hydrogen (secondary N) is 1. The van der Waals surface area contributed by atoms with E-state index in [1.54, 1.807) is 0 Å². The van der Waals surface area contributed by atoms with Gasteiger partial charge < -0.3 is 10.3 Å². The van der Waals surface area contributed by atoms with Gasteiger partial charge in [-0.15, -0.1) is 0 Å². The maximum Gasteiger partial charge on any atom is 0.0748 e. The Kier molecular flexibility index (Phi) is 3.46. The van der Waals surface area contributed by atoms with Gasteiger partial charge in [0.2, 0.25) is 0 Å². The fourth-order valence-electron chi connectivity index (χ4n) is 7.47. The standard InChI is InChI=1S/C19H33NO2/c1-17-10-4-3-5-13(17)6-7-15-14(17)8-11-18(2)16(20-22)9-12-19(15,18)21/h13-16,20-22H,3-12H2,1-2H3/t13?,14-,15-,16?,17+,18-,19-/m1/s1. The molecule has 4 aliphatic rings. The predicted molar refractivity (Wildman–Crippen MR) is 86.5 cm³/mol. The Hall–Kier alpha value is -0.120. The lowest BCUT2D eigenvalue weighted by molar-refractivity contribution is -0.205. The zero-order valence-corrected chi connectivity index (χ0v) is 14.3. The summed E-state index contributed by atoms with van der Waals surface area (Å²) < 4.78 is 0. The molecule has 0 aromatic heterocycles. The van der Waals surface area contributed by atoms with Crippen LogP contribution in [-0.2, 0) is 0 Å². The Labute approximate surface area is 134 Å². The molecule has 0 saturated heterocycles. The SMILES string of the molecule is C[C@]12CCCCC1CC[C@@H]1[C@H]2CC[C@]2(C)C(NO)CC[C@@]12O. The van der Waals surface area contributed by atoms with Crippen LogP contribution >= 0.6 is 0 Å². The van der Waals surface area contributed by atoms with Crippen molar-refractivity contribution in [2.45, 2.75) is 89.7 Å². The molecule has 0 spiro atoms.